The molecule has 0 unspecified atom stereocenters. The minimum absolute atomic E-state index is 0. The summed E-state index contributed by atoms with van der Waals surface area (Å²) in [5.74, 6) is -0.153. The Bertz CT molecular complexity index is 1000. The van der Waals surface area contributed by atoms with Crippen molar-refractivity contribution in [1.82, 2.24) is 4.98 Å². The van der Waals surface area contributed by atoms with E-state index < -0.39 is 17.5 Å². The lowest BCUT2D eigenvalue weighted by molar-refractivity contribution is -0.643. The number of nitrogens with zero attached hydrogens (tertiary/aromatic N) is 2. The molecule has 0 aliphatic rings. The smallest absolute Gasteiger partial charge is 0.413 e. The first kappa shape index (κ1) is 19.8. The molecule has 1 aromatic carbocycles. The fourth-order valence-corrected chi connectivity index (χ4v) is 2.80. The molecule has 1 amide bonds. The molecule has 0 spiro atoms. The van der Waals surface area contributed by atoms with E-state index in [1.54, 1.807) is 39.1 Å². The normalized spacial score (nSPS) is 11.3. The van der Waals surface area contributed by atoms with Crippen LogP contribution in [0, 0.1) is 5.82 Å². The highest BCUT2D eigenvalue weighted by molar-refractivity contribution is 6.31. The Hall–Kier alpha value is -2.54. The second kappa shape index (κ2) is 6.99. The van der Waals surface area contributed by atoms with Crippen molar-refractivity contribution in [3.05, 3.63) is 41.4 Å². The van der Waals surface area contributed by atoms with Crippen LogP contribution in [0.5, 0.6) is 0 Å². The van der Waals surface area contributed by atoms with Gasteiger partial charge in [-0.1, -0.05) is 11.6 Å². The van der Waals surface area contributed by atoms with Crippen LogP contribution in [-0.4, -0.2) is 16.7 Å². The Labute approximate surface area is 154 Å². The van der Waals surface area contributed by atoms with E-state index in [2.05, 4.69) is 10.3 Å². The second-order valence-corrected chi connectivity index (χ2v) is 7.18. The number of aryl methyl sites for hydroxylation is 1. The topological polar surface area (TPSA) is 55.1 Å². The van der Waals surface area contributed by atoms with E-state index in [-0.39, 0.29) is 9.73 Å². The number of amides is 1. The van der Waals surface area contributed by atoms with Crippen LogP contribution < -0.4 is 14.6 Å². The van der Waals surface area contributed by atoms with Gasteiger partial charge in [-0.3, -0.25) is 5.32 Å². The van der Waals surface area contributed by atoms with Crippen molar-refractivity contribution in [1.29, 1.82) is 0 Å². The molecule has 0 aliphatic heterocycles. The zero-order chi connectivity index (χ0) is 18.4. The number of hydrogen-bond acceptors (Lipinski definition) is 3. The number of carbonyl (C=O) groups excluding carboxylic acids is 1. The molecule has 2 aromatic heterocycles. The van der Waals surface area contributed by atoms with Crippen molar-refractivity contribution in [2.24, 2.45) is 7.05 Å². The Morgan fingerprint density at radius 3 is 2.62 bits per heavy atom. The molecule has 0 fully saturated rings. The van der Waals surface area contributed by atoms with Gasteiger partial charge in [0.25, 0.3) is 0 Å². The maximum Gasteiger partial charge on any atom is 0.413 e. The largest absolute Gasteiger partial charge is 1.00 e. The Morgan fingerprint density at radius 2 is 1.96 bits per heavy atom. The predicted octanol–water partition coefficient (Wildman–Crippen LogP) is 1.36. The monoisotopic (exact) mass is 381 g/mol. The molecule has 0 aliphatic carbocycles. The molecule has 3 aromatic rings. The van der Waals surface area contributed by atoms with Crippen LogP contribution in [0.25, 0.3) is 21.7 Å². The van der Waals surface area contributed by atoms with Crippen molar-refractivity contribution in [3.63, 3.8) is 0 Å². The number of hydrogen-bond donors (Lipinski definition) is 1. The minimum atomic E-state index is -0.619. The third kappa shape index (κ3) is 3.83. The fraction of sp³-hybridized carbons (Fsp3) is 0.278. The zero-order valence-corrected chi connectivity index (χ0v) is 15.5. The SMILES string of the molecule is C[n+]1cc2c(NC(=O)OC(C)(C)C)nccc2c2cc(F)c(Cl)cc21.[F-]. The van der Waals surface area contributed by atoms with E-state index in [4.69, 9.17) is 16.3 Å². The van der Waals surface area contributed by atoms with E-state index in [0.29, 0.717) is 16.6 Å². The van der Waals surface area contributed by atoms with Crippen LogP contribution >= 0.6 is 11.6 Å². The Balaban J connectivity index is 0.00000243. The summed E-state index contributed by atoms with van der Waals surface area (Å²) in [6.07, 6.45) is 2.77. The van der Waals surface area contributed by atoms with Gasteiger partial charge in [-0.15, -0.1) is 0 Å². The Morgan fingerprint density at radius 1 is 1.27 bits per heavy atom. The lowest BCUT2D eigenvalue weighted by Crippen LogP contribution is -3.00. The summed E-state index contributed by atoms with van der Waals surface area (Å²) in [4.78, 5) is 16.3. The van der Waals surface area contributed by atoms with E-state index in [1.165, 1.54) is 6.07 Å². The summed E-state index contributed by atoms with van der Waals surface area (Å²) < 4.78 is 21.0. The lowest BCUT2D eigenvalue weighted by atomic mass is 10.1. The molecule has 138 valence electrons. The summed E-state index contributed by atoms with van der Waals surface area (Å²) in [6.45, 7) is 5.34. The van der Waals surface area contributed by atoms with Gasteiger partial charge in [-0.25, -0.2) is 18.7 Å². The number of pyridine rings is 2. The van der Waals surface area contributed by atoms with Crippen LogP contribution in [0.15, 0.2) is 30.6 Å². The zero-order valence-electron chi connectivity index (χ0n) is 14.7. The Kier molecular flexibility index (Phi) is 5.32. The highest BCUT2D eigenvalue weighted by Crippen LogP contribution is 2.29. The standard InChI is InChI=1S/C18H17ClFN3O2.FH/c1-18(2,3)25-17(24)22-16-12-9-23(4)15-8-13(19)14(20)7-11(15)10(12)5-6-21-16;/h5-9H,1-4H3;1H. The maximum atomic E-state index is 14.0. The summed E-state index contributed by atoms with van der Waals surface area (Å²) in [7, 11) is 1.82. The van der Waals surface area contributed by atoms with Crippen LogP contribution in [0.2, 0.25) is 5.02 Å². The number of rotatable bonds is 1. The number of carbonyl (C=O) groups is 1. The molecule has 0 saturated carbocycles. The van der Waals surface area contributed by atoms with E-state index in [1.807, 2.05) is 17.8 Å². The van der Waals surface area contributed by atoms with Gasteiger partial charge in [-0.2, -0.15) is 0 Å². The van der Waals surface area contributed by atoms with Crippen molar-refractivity contribution in [2.45, 2.75) is 26.4 Å². The van der Waals surface area contributed by atoms with Crippen molar-refractivity contribution >= 4 is 45.2 Å². The van der Waals surface area contributed by atoms with Crippen molar-refractivity contribution in [2.75, 3.05) is 5.32 Å². The molecule has 8 heteroatoms. The molecule has 26 heavy (non-hydrogen) atoms. The third-order valence-electron chi connectivity index (χ3n) is 3.64. The third-order valence-corrected chi connectivity index (χ3v) is 3.93. The molecule has 0 radical (unpaired) electrons. The molecule has 3 rings (SSSR count). The predicted molar refractivity (Wildman–Crippen MR) is 95.2 cm³/mol. The average Bonchev–Trinajstić information content (AvgIpc) is 2.48. The minimum Gasteiger partial charge on any atom is -1.00 e. The number of fused-ring (bicyclic) bond motifs is 3. The summed E-state index contributed by atoms with van der Waals surface area (Å²) >= 11 is 5.90. The number of anilines is 1. The summed E-state index contributed by atoms with van der Waals surface area (Å²) in [5, 5.41) is 4.82. The molecule has 0 atom stereocenters. The van der Waals surface area contributed by atoms with Crippen LogP contribution in [-0.2, 0) is 11.8 Å². The molecule has 5 nitrogen and oxygen atoms in total. The molecule has 0 bridgehead atoms. The van der Waals surface area contributed by atoms with Gasteiger partial charge in [0, 0.05) is 17.6 Å². The number of halogens is 3. The lowest BCUT2D eigenvalue weighted by Gasteiger charge is -2.19. The first-order valence-electron chi connectivity index (χ1n) is 7.72. The second-order valence-electron chi connectivity index (χ2n) is 6.77. The molecule has 0 saturated heterocycles. The number of nitrogens with one attached hydrogen (secondary N) is 1. The number of aromatic nitrogens is 2. The van der Waals surface area contributed by atoms with E-state index in [0.717, 1.165) is 10.9 Å². The molecular formula is C18H18ClF2N3O2. The fourth-order valence-electron chi connectivity index (χ4n) is 2.65. The molecule has 2 heterocycles. The quantitative estimate of drug-likeness (QED) is 0.511. The van der Waals surface area contributed by atoms with Crippen LogP contribution in [0.1, 0.15) is 20.8 Å². The first-order chi connectivity index (χ1) is 11.7. The van der Waals surface area contributed by atoms with Crippen molar-refractivity contribution < 1.29 is 23.2 Å². The van der Waals surface area contributed by atoms with Gasteiger partial charge in [0.05, 0.1) is 15.8 Å². The number of benzene rings is 1. The summed E-state index contributed by atoms with van der Waals surface area (Å²) in [5.41, 5.74) is 0.152. The van der Waals surface area contributed by atoms with Crippen LogP contribution in [0.3, 0.4) is 0 Å². The number of ether oxygens (including phenoxy) is 1. The average molecular weight is 382 g/mol. The summed E-state index contributed by atoms with van der Waals surface area (Å²) in [6, 6.07) is 4.73. The van der Waals surface area contributed by atoms with Gasteiger partial charge in [-0.05, 0) is 32.9 Å². The first-order valence-corrected chi connectivity index (χ1v) is 8.09. The van der Waals surface area contributed by atoms with Gasteiger partial charge in [0.1, 0.15) is 24.3 Å². The highest BCUT2D eigenvalue weighted by atomic mass is 35.5. The highest BCUT2D eigenvalue weighted by Gasteiger charge is 2.20. The van der Waals surface area contributed by atoms with Gasteiger partial charge < -0.3 is 9.44 Å². The van der Waals surface area contributed by atoms with Gasteiger partial charge in [0.15, 0.2) is 6.20 Å². The van der Waals surface area contributed by atoms with Crippen LogP contribution in [0.4, 0.5) is 15.0 Å². The maximum absolute atomic E-state index is 14.0. The molecular weight excluding hydrogens is 364 g/mol. The van der Waals surface area contributed by atoms with Crippen molar-refractivity contribution in [3.8, 4) is 0 Å². The van der Waals surface area contributed by atoms with E-state index >= 15 is 0 Å². The van der Waals surface area contributed by atoms with Gasteiger partial charge in [0.2, 0.25) is 5.52 Å². The van der Waals surface area contributed by atoms with Gasteiger partial charge >= 0.3 is 6.09 Å². The molecule has 1 N–H and O–H groups in total. The van der Waals surface area contributed by atoms with E-state index in [9.17, 15) is 9.18 Å².